The van der Waals surface area contributed by atoms with Crippen LogP contribution in [0.1, 0.15) is 12.7 Å². The van der Waals surface area contributed by atoms with Gasteiger partial charge in [-0.2, -0.15) is 0 Å². The maximum atomic E-state index is 12.5. The van der Waals surface area contributed by atoms with Crippen LogP contribution in [0, 0.1) is 10.1 Å². The van der Waals surface area contributed by atoms with Crippen LogP contribution in [0.15, 0.2) is 66.3 Å². The van der Waals surface area contributed by atoms with Gasteiger partial charge in [0, 0.05) is 30.1 Å². The van der Waals surface area contributed by atoms with Gasteiger partial charge in [0.15, 0.2) is 5.16 Å². The van der Waals surface area contributed by atoms with Crippen molar-refractivity contribution in [3.8, 4) is 5.75 Å². The van der Waals surface area contributed by atoms with Crippen LogP contribution in [0.5, 0.6) is 5.75 Å². The maximum absolute atomic E-state index is 12.5. The molecule has 0 fully saturated rings. The summed E-state index contributed by atoms with van der Waals surface area (Å²) in [4.78, 5) is 35.1. The third kappa shape index (κ3) is 7.40. The first-order valence-corrected chi connectivity index (χ1v) is 11.6. The zero-order chi connectivity index (χ0) is 25.2. The number of hydrogen-bond acceptors (Lipinski definition) is 8. The van der Waals surface area contributed by atoms with E-state index in [9.17, 15) is 19.7 Å². The predicted octanol–water partition coefficient (Wildman–Crippen LogP) is 3.68. The quantitative estimate of drug-likeness (QED) is 0.167. The van der Waals surface area contributed by atoms with Gasteiger partial charge >= 0.3 is 0 Å². The van der Waals surface area contributed by atoms with Gasteiger partial charge in [-0.05, 0) is 43.3 Å². The highest BCUT2D eigenvalue weighted by Gasteiger charge is 2.17. The van der Waals surface area contributed by atoms with Crippen LogP contribution in [0.3, 0.4) is 0 Å². The van der Waals surface area contributed by atoms with E-state index >= 15 is 0 Å². The molecule has 0 saturated carbocycles. The highest BCUT2D eigenvalue weighted by atomic mass is 32.2. The molecule has 0 radical (unpaired) electrons. The smallest absolute Gasteiger partial charge is 0.269 e. The Labute approximate surface area is 205 Å². The fourth-order valence-corrected chi connectivity index (χ4v) is 3.78. The van der Waals surface area contributed by atoms with Crippen LogP contribution in [0.4, 0.5) is 17.1 Å². The Kier molecular flexibility index (Phi) is 8.95. The third-order valence-corrected chi connectivity index (χ3v) is 5.53. The minimum Gasteiger partial charge on any atom is -0.494 e. The van der Waals surface area contributed by atoms with Gasteiger partial charge in [0.05, 0.1) is 23.7 Å². The molecule has 3 rings (SSSR count). The number of non-ortho nitro benzene ring substituents is 1. The van der Waals surface area contributed by atoms with Gasteiger partial charge in [0.2, 0.25) is 11.8 Å². The number of allylic oxidation sites excluding steroid dienone is 1. The van der Waals surface area contributed by atoms with Gasteiger partial charge in [-0.15, -0.1) is 16.8 Å². The van der Waals surface area contributed by atoms with E-state index in [-0.39, 0.29) is 29.7 Å². The van der Waals surface area contributed by atoms with Crippen molar-refractivity contribution in [1.29, 1.82) is 0 Å². The van der Waals surface area contributed by atoms with Crippen LogP contribution in [0.25, 0.3) is 0 Å². The zero-order valence-corrected chi connectivity index (χ0v) is 19.8. The van der Waals surface area contributed by atoms with E-state index in [4.69, 9.17) is 4.74 Å². The van der Waals surface area contributed by atoms with Crippen LogP contribution in [-0.2, 0) is 22.6 Å². The predicted molar refractivity (Wildman–Crippen MR) is 133 cm³/mol. The first-order chi connectivity index (χ1) is 16.9. The van der Waals surface area contributed by atoms with Crippen molar-refractivity contribution in [2.75, 3.05) is 23.0 Å². The van der Waals surface area contributed by atoms with E-state index in [1.807, 2.05) is 6.92 Å². The molecule has 182 valence electrons. The summed E-state index contributed by atoms with van der Waals surface area (Å²) in [5, 5.41) is 24.9. The van der Waals surface area contributed by atoms with Crippen LogP contribution in [-0.4, -0.2) is 43.9 Å². The Morgan fingerprint density at radius 2 is 1.71 bits per heavy atom. The number of hydrogen-bond donors (Lipinski definition) is 2. The number of thioether (sulfide) groups is 1. The molecule has 2 N–H and O–H groups in total. The van der Waals surface area contributed by atoms with Gasteiger partial charge < -0.3 is 19.9 Å². The van der Waals surface area contributed by atoms with E-state index in [0.29, 0.717) is 35.5 Å². The summed E-state index contributed by atoms with van der Waals surface area (Å²) in [7, 11) is 0. The highest BCUT2D eigenvalue weighted by molar-refractivity contribution is 7.99. The fraction of sp³-hybridized carbons (Fsp3) is 0.217. The first kappa shape index (κ1) is 25.4. The van der Waals surface area contributed by atoms with E-state index in [1.165, 1.54) is 24.3 Å². The number of anilines is 2. The van der Waals surface area contributed by atoms with E-state index in [1.54, 1.807) is 34.9 Å². The van der Waals surface area contributed by atoms with Crippen LogP contribution in [0.2, 0.25) is 0 Å². The molecule has 3 aromatic rings. The molecule has 11 nitrogen and oxygen atoms in total. The lowest BCUT2D eigenvalue weighted by Gasteiger charge is -2.09. The lowest BCUT2D eigenvalue weighted by atomic mass is 10.3. The van der Waals surface area contributed by atoms with Gasteiger partial charge in [-0.25, -0.2) is 0 Å². The van der Waals surface area contributed by atoms with E-state index in [0.717, 1.165) is 17.5 Å². The fourth-order valence-electron chi connectivity index (χ4n) is 3.01. The second-order valence-electron chi connectivity index (χ2n) is 7.12. The lowest BCUT2D eigenvalue weighted by Crippen LogP contribution is -2.18. The molecule has 0 bridgehead atoms. The van der Waals surface area contributed by atoms with Gasteiger partial charge in [0.25, 0.3) is 5.69 Å². The Morgan fingerprint density at radius 3 is 2.31 bits per heavy atom. The summed E-state index contributed by atoms with van der Waals surface area (Å²) in [5.74, 6) is 0.609. The number of nitro benzene ring substituents is 1. The number of nitro groups is 1. The van der Waals surface area contributed by atoms with Crippen molar-refractivity contribution in [1.82, 2.24) is 14.8 Å². The number of ether oxygens (including phenoxy) is 1. The summed E-state index contributed by atoms with van der Waals surface area (Å²) in [5.41, 5.74) is 1.01. The Morgan fingerprint density at radius 1 is 1.09 bits per heavy atom. The topological polar surface area (TPSA) is 141 Å². The summed E-state index contributed by atoms with van der Waals surface area (Å²) in [6.07, 6.45) is 1.64. The molecule has 35 heavy (non-hydrogen) atoms. The van der Waals surface area contributed by atoms with Crippen molar-refractivity contribution >= 4 is 40.6 Å². The average molecular weight is 497 g/mol. The largest absolute Gasteiger partial charge is 0.494 e. The summed E-state index contributed by atoms with van der Waals surface area (Å²) in [6, 6.07) is 12.6. The summed E-state index contributed by atoms with van der Waals surface area (Å²) in [6.45, 7) is 6.55. The number of benzene rings is 2. The lowest BCUT2D eigenvalue weighted by molar-refractivity contribution is -0.384. The van der Waals surface area contributed by atoms with Crippen LogP contribution >= 0.6 is 11.8 Å². The maximum Gasteiger partial charge on any atom is 0.269 e. The molecule has 2 amide bonds. The molecule has 2 aromatic carbocycles. The van der Waals surface area contributed by atoms with Gasteiger partial charge in [-0.1, -0.05) is 17.8 Å². The number of nitrogens with zero attached hydrogens (tertiary/aromatic N) is 4. The Bertz CT molecular complexity index is 1190. The standard InChI is InChI=1S/C23H24N6O5S/c1-3-13-28-20(14-21(30)24-17-7-11-19(12-8-17)34-4-2)26-27-23(28)35-15-22(31)25-16-5-9-18(10-6-16)29(32)33/h3,5-12H,1,4,13-15H2,2H3,(H,24,30)(H,25,31). The first-order valence-electron chi connectivity index (χ1n) is 10.6. The van der Waals surface area contributed by atoms with Crippen molar-refractivity contribution < 1.29 is 19.2 Å². The second kappa shape index (κ2) is 12.3. The summed E-state index contributed by atoms with van der Waals surface area (Å²) < 4.78 is 7.11. The number of amides is 2. The number of carbonyl (C=O) groups is 2. The minimum atomic E-state index is -0.510. The zero-order valence-electron chi connectivity index (χ0n) is 19.0. The number of aromatic nitrogens is 3. The molecular weight excluding hydrogens is 472 g/mol. The molecule has 0 aliphatic carbocycles. The monoisotopic (exact) mass is 496 g/mol. The van der Waals surface area contributed by atoms with Gasteiger partial charge in [-0.3, -0.25) is 19.7 Å². The molecule has 0 saturated heterocycles. The van der Waals surface area contributed by atoms with Crippen molar-refractivity contribution in [3.05, 3.63) is 77.1 Å². The van der Waals surface area contributed by atoms with Crippen LogP contribution < -0.4 is 15.4 Å². The van der Waals surface area contributed by atoms with Crippen molar-refractivity contribution in [2.24, 2.45) is 0 Å². The molecule has 0 atom stereocenters. The molecular formula is C23H24N6O5S. The summed E-state index contributed by atoms with van der Waals surface area (Å²) >= 11 is 1.16. The van der Waals surface area contributed by atoms with E-state index in [2.05, 4.69) is 27.4 Å². The minimum absolute atomic E-state index is 0.0103. The molecule has 1 heterocycles. The SMILES string of the molecule is C=CCn1c(CC(=O)Nc2ccc(OCC)cc2)nnc1SCC(=O)Nc1ccc([N+](=O)[O-])cc1. The molecule has 0 spiro atoms. The molecule has 12 heteroatoms. The Hall–Kier alpha value is -4.19. The Balaban J connectivity index is 1.58. The molecule has 0 aliphatic heterocycles. The third-order valence-electron chi connectivity index (χ3n) is 4.57. The second-order valence-corrected chi connectivity index (χ2v) is 8.06. The van der Waals surface area contributed by atoms with Crippen molar-refractivity contribution in [2.45, 2.75) is 25.0 Å². The average Bonchev–Trinajstić information content (AvgIpc) is 3.20. The van der Waals surface area contributed by atoms with E-state index < -0.39 is 4.92 Å². The normalized spacial score (nSPS) is 10.4. The number of nitrogens with one attached hydrogen (secondary N) is 2. The molecule has 0 unspecified atom stereocenters. The molecule has 1 aromatic heterocycles. The van der Waals surface area contributed by atoms with Crippen molar-refractivity contribution in [3.63, 3.8) is 0 Å². The highest BCUT2D eigenvalue weighted by Crippen LogP contribution is 2.20. The number of rotatable bonds is 12. The van der Waals surface area contributed by atoms with Gasteiger partial charge in [0.1, 0.15) is 11.6 Å². The number of carbonyl (C=O) groups excluding carboxylic acids is 2. The molecule has 0 aliphatic rings.